The third-order valence-corrected chi connectivity index (χ3v) is 3.33. The van der Waals surface area contributed by atoms with Gasteiger partial charge in [0.2, 0.25) is 0 Å². The number of methoxy groups -OCH3 is 1. The SMILES string of the molecule is COc1ccc(CCSCC(O)CO)cc1. The molecule has 0 saturated heterocycles. The fourth-order valence-corrected chi connectivity index (χ4v) is 2.18. The summed E-state index contributed by atoms with van der Waals surface area (Å²) >= 11 is 1.65. The summed E-state index contributed by atoms with van der Waals surface area (Å²) in [6.07, 6.45) is 0.369. The summed E-state index contributed by atoms with van der Waals surface area (Å²) in [6, 6.07) is 7.98. The monoisotopic (exact) mass is 242 g/mol. The van der Waals surface area contributed by atoms with Crippen molar-refractivity contribution < 1.29 is 14.9 Å². The lowest BCUT2D eigenvalue weighted by molar-refractivity contribution is 0.113. The summed E-state index contributed by atoms with van der Waals surface area (Å²) in [5.74, 6) is 2.41. The van der Waals surface area contributed by atoms with Gasteiger partial charge in [0.1, 0.15) is 5.75 Å². The Morgan fingerprint density at radius 2 is 2.00 bits per heavy atom. The van der Waals surface area contributed by atoms with E-state index in [0.717, 1.165) is 17.9 Å². The van der Waals surface area contributed by atoms with Crippen molar-refractivity contribution in [2.75, 3.05) is 25.2 Å². The number of ether oxygens (including phenoxy) is 1. The van der Waals surface area contributed by atoms with Crippen LogP contribution in [0.3, 0.4) is 0 Å². The van der Waals surface area contributed by atoms with E-state index in [9.17, 15) is 0 Å². The van der Waals surface area contributed by atoms with Crippen LogP contribution in [0.2, 0.25) is 0 Å². The number of aryl methyl sites for hydroxylation is 1. The highest BCUT2D eigenvalue weighted by molar-refractivity contribution is 7.99. The van der Waals surface area contributed by atoms with Gasteiger partial charge < -0.3 is 14.9 Å². The molecule has 0 aliphatic heterocycles. The van der Waals surface area contributed by atoms with Gasteiger partial charge >= 0.3 is 0 Å². The van der Waals surface area contributed by atoms with Gasteiger partial charge in [-0.05, 0) is 29.9 Å². The Hall–Kier alpha value is -0.710. The molecule has 0 aliphatic carbocycles. The van der Waals surface area contributed by atoms with Crippen LogP contribution >= 0.6 is 11.8 Å². The van der Waals surface area contributed by atoms with Crippen molar-refractivity contribution in [2.45, 2.75) is 12.5 Å². The Morgan fingerprint density at radius 1 is 1.31 bits per heavy atom. The molecule has 3 nitrogen and oxygen atoms in total. The molecule has 1 rings (SSSR count). The molecule has 1 unspecified atom stereocenters. The molecule has 1 aromatic carbocycles. The Bertz CT molecular complexity index is 287. The van der Waals surface area contributed by atoms with E-state index < -0.39 is 6.10 Å². The largest absolute Gasteiger partial charge is 0.497 e. The first-order valence-corrected chi connectivity index (χ1v) is 6.41. The van der Waals surface area contributed by atoms with Crippen molar-refractivity contribution in [3.63, 3.8) is 0 Å². The van der Waals surface area contributed by atoms with E-state index in [0.29, 0.717) is 5.75 Å². The van der Waals surface area contributed by atoms with Gasteiger partial charge in [0.05, 0.1) is 19.8 Å². The van der Waals surface area contributed by atoms with Crippen LogP contribution in [0.15, 0.2) is 24.3 Å². The summed E-state index contributed by atoms with van der Waals surface area (Å²) in [7, 11) is 1.65. The van der Waals surface area contributed by atoms with Crippen molar-refractivity contribution in [1.82, 2.24) is 0 Å². The normalized spacial score (nSPS) is 12.4. The van der Waals surface area contributed by atoms with Gasteiger partial charge in [-0.25, -0.2) is 0 Å². The van der Waals surface area contributed by atoms with Crippen LogP contribution in [0.1, 0.15) is 5.56 Å². The lowest BCUT2D eigenvalue weighted by Crippen LogP contribution is -2.15. The average Bonchev–Trinajstić information content (AvgIpc) is 2.35. The zero-order chi connectivity index (χ0) is 11.8. The van der Waals surface area contributed by atoms with Crippen LogP contribution < -0.4 is 4.74 Å². The molecule has 16 heavy (non-hydrogen) atoms. The van der Waals surface area contributed by atoms with E-state index in [4.69, 9.17) is 14.9 Å². The second-order valence-electron chi connectivity index (χ2n) is 3.51. The molecule has 0 aliphatic rings. The van der Waals surface area contributed by atoms with Gasteiger partial charge in [-0.2, -0.15) is 11.8 Å². The molecule has 90 valence electrons. The van der Waals surface area contributed by atoms with Crippen molar-refractivity contribution in [3.8, 4) is 5.75 Å². The number of benzene rings is 1. The fourth-order valence-electron chi connectivity index (χ4n) is 1.25. The highest BCUT2D eigenvalue weighted by atomic mass is 32.2. The maximum Gasteiger partial charge on any atom is 0.118 e. The van der Waals surface area contributed by atoms with E-state index in [1.54, 1.807) is 18.9 Å². The van der Waals surface area contributed by atoms with Crippen LogP contribution in [-0.2, 0) is 6.42 Å². The molecular weight excluding hydrogens is 224 g/mol. The third-order valence-electron chi connectivity index (χ3n) is 2.22. The van der Waals surface area contributed by atoms with Crippen molar-refractivity contribution >= 4 is 11.8 Å². The van der Waals surface area contributed by atoms with Crippen LogP contribution in [0, 0.1) is 0 Å². The van der Waals surface area contributed by atoms with E-state index in [-0.39, 0.29) is 6.61 Å². The topological polar surface area (TPSA) is 49.7 Å². The zero-order valence-electron chi connectivity index (χ0n) is 9.43. The Labute approximate surface area is 100 Å². The maximum absolute atomic E-state index is 9.14. The predicted octanol–water partition coefficient (Wildman–Crippen LogP) is 1.32. The molecule has 2 N–H and O–H groups in total. The summed E-state index contributed by atoms with van der Waals surface area (Å²) in [5.41, 5.74) is 1.26. The summed E-state index contributed by atoms with van der Waals surface area (Å²) in [5, 5.41) is 17.8. The third kappa shape index (κ3) is 4.88. The Kier molecular flexibility index (Phi) is 6.30. The quantitative estimate of drug-likeness (QED) is 0.708. The minimum Gasteiger partial charge on any atom is -0.497 e. The molecule has 4 heteroatoms. The van der Waals surface area contributed by atoms with Gasteiger partial charge in [0, 0.05) is 5.75 Å². The molecule has 0 amide bonds. The molecule has 0 saturated carbocycles. The van der Waals surface area contributed by atoms with Crippen LogP contribution in [0.5, 0.6) is 5.75 Å². The van der Waals surface area contributed by atoms with Crippen LogP contribution in [0.25, 0.3) is 0 Å². The number of aliphatic hydroxyl groups is 2. The van der Waals surface area contributed by atoms with E-state index in [2.05, 4.69) is 0 Å². The van der Waals surface area contributed by atoms with Crippen molar-refractivity contribution in [2.24, 2.45) is 0 Å². The lowest BCUT2D eigenvalue weighted by atomic mass is 10.2. The van der Waals surface area contributed by atoms with Gasteiger partial charge in [-0.15, -0.1) is 0 Å². The molecule has 0 spiro atoms. The predicted molar refractivity (Wildman–Crippen MR) is 67.1 cm³/mol. The molecule has 1 aromatic rings. The molecule has 1 atom stereocenters. The standard InChI is InChI=1S/C12H18O3S/c1-15-12-4-2-10(3-5-12)6-7-16-9-11(14)8-13/h2-5,11,13-14H,6-9H2,1H3. The van der Waals surface area contributed by atoms with Gasteiger partial charge in [-0.3, -0.25) is 0 Å². The highest BCUT2D eigenvalue weighted by Crippen LogP contribution is 2.13. The Balaban J connectivity index is 2.21. The molecule has 0 bridgehead atoms. The maximum atomic E-state index is 9.14. The minimum absolute atomic E-state index is 0.157. The van der Waals surface area contributed by atoms with Crippen molar-refractivity contribution in [3.05, 3.63) is 29.8 Å². The fraction of sp³-hybridized carbons (Fsp3) is 0.500. The molecular formula is C12H18O3S. The van der Waals surface area contributed by atoms with Gasteiger partial charge in [0.15, 0.2) is 0 Å². The molecule has 0 heterocycles. The number of thioether (sulfide) groups is 1. The van der Waals surface area contributed by atoms with E-state index >= 15 is 0 Å². The summed E-state index contributed by atoms with van der Waals surface area (Å²) in [4.78, 5) is 0. The van der Waals surface area contributed by atoms with Crippen molar-refractivity contribution in [1.29, 1.82) is 0 Å². The molecule has 0 radical (unpaired) electrons. The van der Waals surface area contributed by atoms with E-state index in [1.807, 2.05) is 24.3 Å². The van der Waals surface area contributed by atoms with Gasteiger partial charge in [0.25, 0.3) is 0 Å². The first-order valence-electron chi connectivity index (χ1n) is 5.26. The molecule has 0 aromatic heterocycles. The zero-order valence-corrected chi connectivity index (χ0v) is 10.2. The smallest absolute Gasteiger partial charge is 0.118 e. The minimum atomic E-state index is -0.596. The van der Waals surface area contributed by atoms with E-state index in [1.165, 1.54) is 5.56 Å². The second kappa shape index (κ2) is 7.54. The van der Waals surface area contributed by atoms with Crippen LogP contribution in [0.4, 0.5) is 0 Å². The van der Waals surface area contributed by atoms with Gasteiger partial charge in [-0.1, -0.05) is 12.1 Å². The Morgan fingerprint density at radius 3 is 2.56 bits per heavy atom. The summed E-state index contributed by atoms with van der Waals surface area (Å²) in [6.45, 7) is -0.157. The number of hydrogen-bond acceptors (Lipinski definition) is 4. The van der Waals surface area contributed by atoms with Crippen LogP contribution in [-0.4, -0.2) is 41.5 Å². The summed E-state index contributed by atoms with van der Waals surface area (Å²) < 4.78 is 5.07. The number of rotatable bonds is 7. The lowest BCUT2D eigenvalue weighted by Gasteiger charge is -2.06. The highest BCUT2D eigenvalue weighted by Gasteiger charge is 2.01. The second-order valence-corrected chi connectivity index (χ2v) is 4.66. The molecule has 0 fully saturated rings. The number of aliphatic hydroxyl groups excluding tert-OH is 2. The first-order chi connectivity index (χ1) is 7.76. The average molecular weight is 242 g/mol. The first kappa shape index (κ1) is 13.4. The number of hydrogen-bond donors (Lipinski definition) is 2.